The summed E-state index contributed by atoms with van der Waals surface area (Å²) in [5.41, 5.74) is 2.99. The summed E-state index contributed by atoms with van der Waals surface area (Å²) in [6.07, 6.45) is 3.79. The first-order valence-electron chi connectivity index (χ1n) is 8.64. The van der Waals surface area contributed by atoms with Crippen LogP contribution in [0.1, 0.15) is 48.8 Å². The summed E-state index contributed by atoms with van der Waals surface area (Å²) in [4.78, 5) is 23.4. The van der Waals surface area contributed by atoms with E-state index in [9.17, 15) is 9.59 Å². The minimum absolute atomic E-state index is 0.214. The summed E-state index contributed by atoms with van der Waals surface area (Å²) in [5, 5.41) is 2.96. The molecule has 0 unspecified atom stereocenters. The van der Waals surface area contributed by atoms with E-state index in [1.807, 2.05) is 25.1 Å². The van der Waals surface area contributed by atoms with Crippen molar-refractivity contribution < 1.29 is 18.7 Å². The molecule has 0 saturated carbocycles. The molecule has 138 valence electrons. The van der Waals surface area contributed by atoms with Crippen LogP contribution in [0, 0.1) is 6.92 Å². The number of carbonyl (C=O) groups is 2. The molecule has 0 aliphatic heterocycles. The van der Waals surface area contributed by atoms with Gasteiger partial charge in [-0.2, -0.15) is 0 Å². The highest BCUT2D eigenvalue weighted by atomic mass is 16.5. The third-order valence-electron chi connectivity index (χ3n) is 4.06. The summed E-state index contributed by atoms with van der Waals surface area (Å²) in [6, 6.07) is 9.56. The first kappa shape index (κ1) is 19.5. The number of anilines is 1. The molecule has 5 heteroatoms. The average Bonchev–Trinajstić information content (AvgIpc) is 3.07. The topological polar surface area (TPSA) is 68.5 Å². The number of ether oxygens (including phenoxy) is 1. The summed E-state index contributed by atoms with van der Waals surface area (Å²) in [6.45, 7) is 6.17. The van der Waals surface area contributed by atoms with Gasteiger partial charge in [-0.1, -0.05) is 32.0 Å². The number of amides is 1. The van der Waals surface area contributed by atoms with Gasteiger partial charge in [-0.15, -0.1) is 0 Å². The van der Waals surface area contributed by atoms with Gasteiger partial charge in [0.1, 0.15) is 11.5 Å². The number of hydrogen-bond donors (Lipinski definition) is 1. The number of para-hydroxylation sites is 1. The lowest BCUT2D eigenvalue weighted by Gasteiger charge is -2.15. The number of hydrogen-bond acceptors (Lipinski definition) is 4. The molecule has 0 aliphatic carbocycles. The predicted octanol–water partition coefficient (Wildman–Crippen LogP) is 4.47. The van der Waals surface area contributed by atoms with E-state index in [0.29, 0.717) is 23.9 Å². The summed E-state index contributed by atoms with van der Waals surface area (Å²) >= 11 is 0. The largest absolute Gasteiger partial charge is 0.469 e. The Balaban J connectivity index is 2.00. The van der Waals surface area contributed by atoms with Crippen molar-refractivity contribution in [3.8, 4) is 0 Å². The number of methoxy groups -OCH3 is 1. The van der Waals surface area contributed by atoms with Crippen LogP contribution >= 0.6 is 0 Å². The molecule has 0 atom stereocenters. The van der Waals surface area contributed by atoms with E-state index in [4.69, 9.17) is 4.42 Å². The Labute approximate surface area is 154 Å². The Hall–Kier alpha value is -2.82. The molecule has 0 radical (unpaired) electrons. The SMILES string of the molecule is COC(=O)CCc1ccc(/C=C/C(=O)Nc2c(C)cccc2C(C)C)o1. The fourth-order valence-corrected chi connectivity index (χ4v) is 2.61. The lowest BCUT2D eigenvalue weighted by Crippen LogP contribution is -2.11. The minimum Gasteiger partial charge on any atom is -0.469 e. The van der Waals surface area contributed by atoms with Gasteiger partial charge in [-0.05, 0) is 42.2 Å². The van der Waals surface area contributed by atoms with Gasteiger partial charge >= 0.3 is 5.97 Å². The smallest absolute Gasteiger partial charge is 0.305 e. The Bertz CT molecular complexity index is 802. The number of esters is 1. The van der Waals surface area contributed by atoms with Crippen LogP contribution in [-0.2, 0) is 20.7 Å². The zero-order valence-electron chi connectivity index (χ0n) is 15.7. The van der Waals surface area contributed by atoms with Crippen molar-refractivity contribution in [1.29, 1.82) is 0 Å². The molecule has 1 heterocycles. The molecule has 0 bridgehead atoms. The molecular formula is C21H25NO4. The highest BCUT2D eigenvalue weighted by Gasteiger charge is 2.11. The fraction of sp³-hybridized carbons (Fsp3) is 0.333. The monoisotopic (exact) mass is 355 g/mol. The number of furan rings is 1. The highest BCUT2D eigenvalue weighted by Crippen LogP contribution is 2.27. The summed E-state index contributed by atoms with van der Waals surface area (Å²) in [5.74, 6) is 1.06. The number of benzene rings is 1. The molecule has 5 nitrogen and oxygen atoms in total. The van der Waals surface area contributed by atoms with Crippen LogP contribution in [0.5, 0.6) is 0 Å². The van der Waals surface area contributed by atoms with Crippen molar-refractivity contribution in [2.45, 2.75) is 39.5 Å². The van der Waals surface area contributed by atoms with E-state index in [1.165, 1.54) is 13.2 Å². The van der Waals surface area contributed by atoms with Crippen molar-refractivity contribution in [2.75, 3.05) is 12.4 Å². The first-order valence-corrected chi connectivity index (χ1v) is 8.64. The maximum atomic E-state index is 12.3. The van der Waals surface area contributed by atoms with E-state index >= 15 is 0 Å². The van der Waals surface area contributed by atoms with Crippen LogP contribution < -0.4 is 5.32 Å². The van der Waals surface area contributed by atoms with Crippen molar-refractivity contribution in [2.24, 2.45) is 0 Å². The van der Waals surface area contributed by atoms with Crippen LogP contribution in [0.25, 0.3) is 6.08 Å². The van der Waals surface area contributed by atoms with Gasteiger partial charge in [-0.3, -0.25) is 9.59 Å². The summed E-state index contributed by atoms with van der Waals surface area (Å²) < 4.78 is 10.2. The molecule has 2 aromatic rings. The second-order valence-electron chi connectivity index (χ2n) is 6.40. The predicted molar refractivity (Wildman–Crippen MR) is 102 cm³/mol. The highest BCUT2D eigenvalue weighted by molar-refractivity contribution is 6.02. The van der Waals surface area contributed by atoms with Crippen LogP contribution in [0.2, 0.25) is 0 Å². The van der Waals surface area contributed by atoms with E-state index < -0.39 is 0 Å². The van der Waals surface area contributed by atoms with E-state index in [1.54, 1.807) is 18.2 Å². The van der Waals surface area contributed by atoms with Gasteiger partial charge in [0.05, 0.1) is 13.5 Å². The van der Waals surface area contributed by atoms with Gasteiger partial charge in [0.15, 0.2) is 0 Å². The molecule has 1 aromatic heterocycles. The third kappa shape index (κ3) is 5.34. The van der Waals surface area contributed by atoms with E-state index in [-0.39, 0.29) is 18.3 Å². The Morgan fingerprint density at radius 1 is 1.23 bits per heavy atom. The molecule has 0 spiro atoms. The quantitative estimate of drug-likeness (QED) is 0.588. The minimum atomic E-state index is -0.281. The second kappa shape index (κ2) is 9.04. The van der Waals surface area contributed by atoms with Gasteiger partial charge in [0.2, 0.25) is 5.91 Å². The number of nitrogens with one attached hydrogen (secondary N) is 1. The lowest BCUT2D eigenvalue weighted by molar-refractivity contribution is -0.140. The molecule has 1 N–H and O–H groups in total. The van der Waals surface area contributed by atoms with Crippen LogP contribution in [0.3, 0.4) is 0 Å². The third-order valence-corrected chi connectivity index (χ3v) is 4.06. The van der Waals surface area contributed by atoms with Crippen molar-refractivity contribution in [3.05, 3.63) is 59.1 Å². The van der Waals surface area contributed by atoms with E-state index in [2.05, 4.69) is 23.9 Å². The van der Waals surface area contributed by atoms with Gasteiger partial charge in [0, 0.05) is 18.2 Å². The molecule has 2 rings (SSSR count). The van der Waals surface area contributed by atoms with Gasteiger partial charge in [-0.25, -0.2) is 0 Å². The number of rotatable bonds is 7. The number of aryl methyl sites for hydroxylation is 2. The lowest BCUT2D eigenvalue weighted by atomic mass is 9.98. The maximum Gasteiger partial charge on any atom is 0.305 e. The van der Waals surface area contributed by atoms with Gasteiger partial charge < -0.3 is 14.5 Å². The summed E-state index contributed by atoms with van der Waals surface area (Å²) in [7, 11) is 1.36. The van der Waals surface area contributed by atoms with Crippen LogP contribution in [-0.4, -0.2) is 19.0 Å². The molecular weight excluding hydrogens is 330 g/mol. The van der Waals surface area contributed by atoms with Crippen molar-refractivity contribution in [1.82, 2.24) is 0 Å². The number of carbonyl (C=O) groups excluding carboxylic acids is 2. The average molecular weight is 355 g/mol. The van der Waals surface area contributed by atoms with Crippen LogP contribution in [0.4, 0.5) is 5.69 Å². The Morgan fingerprint density at radius 3 is 2.69 bits per heavy atom. The normalized spacial score (nSPS) is 11.1. The van der Waals surface area contributed by atoms with Crippen molar-refractivity contribution in [3.63, 3.8) is 0 Å². The van der Waals surface area contributed by atoms with E-state index in [0.717, 1.165) is 16.8 Å². The second-order valence-corrected chi connectivity index (χ2v) is 6.40. The molecule has 0 saturated heterocycles. The molecule has 0 fully saturated rings. The van der Waals surface area contributed by atoms with Crippen LogP contribution in [0.15, 0.2) is 40.8 Å². The first-order chi connectivity index (χ1) is 12.4. The standard InChI is InChI=1S/C21H25NO4/c1-14(2)18-7-5-6-15(3)21(18)22-19(23)12-10-16-8-9-17(26-16)11-13-20(24)25-4/h5-10,12,14H,11,13H2,1-4H3,(H,22,23)/b12-10+. The zero-order valence-corrected chi connectivity index (χ0v) is 15.7. The Kier molecular flexibility index (Phi) is 6.78. The molecule has 0 aliphatic rings. The van der Waals surface area contributed by atoms with Gasteiger partial charge in [0.25, 0.3) is 0 Å². The Morgan fingerprint density at radius 2 is 2.00 bits per heavy atom. The maximum absolute atomic E-state index is 12.3. The molecule has 26 heavy (non-hydrogen) atoms. The fourth-order valence-electron chi connectivity index (χ4n) is 2.61. The molecule has 1 amide bonds. The zero-order chi connectivity index (χ0) is 19.1. The van der Waals surface area contributed by atoms with Crippen molar-refractivity contribution >= 4 is 23.6 Å². The molecule has 1 aromatic carbocycles.